The van der Waals surface area contributed by atoms with Gasteiger partial charge in [0.05, 0.1) is 0 Å². The maximum atomic E-state index is 12.7. The normalized spacial score (nSPS) is 17.6. The van der Waals surface area contributed by atoms with Gasteiger partial charge in [0.2, 0.25) is 0 Å². The van der Waals surface area contributed by atoms with Gasteiger partial charge in [0.15, 0.2) is 0 Å². The molecule has 4 heteroatoms. The zero-order chi connectivity index (χ0) is 20.5. The lowest BCUT2D eigenvalue weighted by atomic mass is 9.98. The molecular weight excluding hydrogens is 374 g/mol. The van der Waals surface area contributed by atoms with E-state index in [0.29, 0.717) is 31.4 Å². The summed E-state index contributed by atoms with van der Waals surface area (Å²) in [7, 11) is 0. The van der Waals surface area contributed by atoms with Crippen LogP contribution in [0.3, 0.4) is 0 Å². The molecule has 3 aromatic carbocycles. The van der Waals surface area contributed by atoms with Gasteiger partial charge in [0, 0.05) is 19.0 Å². The number of rotatable bonds is 4. The van der Waals surface area contributed by atoms with Gasteiger partial charge in [0.1, 0.15) is 12.4 Å². The first-order chi connectivity index (χ1) is 14.7. The van der Waals surface area contributed by atoms with E-state index < -0.39 is 0 Å². The van der Waals surface area contributed by atoms with Gasteiger partial charge in [-0.25, -0.2) is 4.79 Å². The largest absolute Gasteiger partial charge is 0.508 e. The summed E-state index contributed by atoms with van der Waals surface area (Å²) in [5.41, 5.74) is 5.86. The predicted molar refractivity (Wildman–Crippen MR) is 117 cm³/mol. The Morgan fingerprint density at radius 2 is 1.57 bits per heavy atom. The number of hydrogen-bond acceptors (Lipinski definition) is 3. The third-order valence-electron chi connectivity index (χ3n) is 6.38. The molecule has 1 aliphatic heterocycles. The number of hydrogen-bond donors (Lipinski definition) is 1. The van der Waals surface area contributed by atoms with Crippen molar-refractivity contribution in [1.82, 2.24) is 4.90 Å². The van der Waals surface area contributed by atoms with Crippen LogP contribution in [0.15, 0.2) is 72.8 Å². The van der Waals surface area contributed by atoms with Crippen molar-refractivity contribution in [2.45, 2.75) is 18.8 Å². The highest BCUT2D eigenvalue weighted by Gasteiger charge is 2.31. The van der Waals surface area contributed by atoms with Crippen LogP contribution in [0.4, 0.5) is 4.79 Å². The van der Waals surface area contributed by atoms with Crippen molar-refractivity contribution in [3.8, 4) is 16.9 Å². The molecule has 1 fully saturated rings. The zero-order valence-electron chi connectivity index (χ0n) is 16.8. The number of carbonyl (C=O) groups is 1. The highest BCUT2D eigenvalue weighted by Crippen LogP contribution is 2.44. The first-order valence-electron chi connectivity index (χ1n) is 10.6. The Kier molecular flexibility index (Phi) is 4.91. The van der Waals surface area contributed by atoms with Crippen molar-refractivity contribution in [2.24, 2.45) is 5.92 Å². The molecule has 1 N–H and O–H groups in total. The number of ether oxygens (including phenoxy) is 1. The Morgan fingerprint density at radius 3 is 2.27 bits per heavy atom. The van der Waals surface area contributed by atoms with Gasteiger partial charge in [-0.1, -0.05) is 66.7 Å². The molecule has 3 aromatic rings. The van der Waals surface area contributed by atoms with Crippen molar-refractivity contribution >= 4 is 6.09 Å². The van der Waals surface area contributed by atoms with Gasteiger partial charge in [-0.05, 0) is 52.6 Å². The number of amides is 1. The molecule has 152 valence electrons. The number of phenolic OH excluding ortho intramolecular Hbond substituents is 1. The summed E-state index contributed by atoms with van der Waals surface area (Å²) >= 11 is 0. The lowest BCUT2D eigenvalue weighted by molar-refractivity contribution is 0.106. The summed E-state index contributed by atoms with van der Waals surface area (Å²) in [6.07, 6.45) is 1.47. The second kappa shape index (κ2) is 7.86. The predicted octanol–water partition coefficient (Wildman–Crippen LogP) is 5.21. The van der Waals surface area contributed by atoms with Crippen molar-refractivity contribution in [3.63, 3.8) is 0 Å². The molecule has 1 heterocycles. The highest BCUT2D eigenvalue weighted by molar-refractivity contribution is 5.79. The molecule has 5 rings (SSSR count). The summed E-state index contributed by atoms with van der Waals surface area (Å²) in [5.74, 6) is 0.761. The number of aromatic hydroxyl groups is 1. The van der Waals surface area contributed by atoms with Crippen molar-refractivity contribution in [1.29, 1.82) is 0 Å². The molecule has 1 aliphatic carbocycles. The minimum absolute atomic E-state index is 0.0843. The maximum absolute atomic E-state index is 12.7. The minimum atomic E-state index is -0.239. The Hall–Kier alpha value is -3.27. The fraction of sp³-hybridized carbons (Fsp3) is 0.269. The second-order valence-corrected chi connectivity index (χ2v) is 8.24. The fourth-order valence-corrected chi connectivity index (χ4v) is 4.84. The van der Waals surface area contributed by atoms with Crippen LogP contribution in [-0.2, 0) is 11.2 Å². The molecule has 1 atom stereocenters. The molecule has 30 heavy (non-hydrogen) atoms. The van der Waals surface area contributed by atoms with Crippen molar-refractivity contribution in [3.05, 3.63) is 89.5 Å². The van der Waals surface area contributed by atoms with Crippen LogP contribution in [-0.4, -0.2) is 35.8 Å². The maximum Gasteiger partial charge on any atom is 0.409 e. The summed E-state index contributed by atoms with van der Waals surface area (Å²) in [5, 5.41) is 10.0. The molecule has 2 aliphatic rings. The number of nitrogens with zero attached hydrogens (tertiary/aromatic N) is 1. The van der Waals surface area contributed by atoms with E-state index in [2.05, 4.69) is 36.4 Å². The quantitative estimate of drug-likeness (QED) is 0.656. The topological polar surface area (TPSA) is 49.8 Å². The number of fused-ring (bicyclic) bond motifs is 3. The van der Waals surface area contributed by atoms with E-state index in [-0.39, 0.29) is 12.0 Å². The zero-order valence-corrected chi connectivity index (χ0v) is 16.8. The first kappa shape index (κ1) is 18.7. The van der Waals surface area contributed by atoms with E-state index in [1.165, 1.54) is 22.3 Å². The smallest absolute Gasteiger partial charge is 0.409 e. The van der Waals surface area contributed by atoms with Crippen LogP contribution in [0.25, 0.3) is 11.1 Å². The van der Waals surface area contributed by atoms with Crippen LogP contribution in [0.5, 0.6) is 5.75 Å². The van der Waals surface area contributed by atoms with Crippen LogP contribution in [0.2, 0.25) is 0 Å². The Balaban J connectivity index is 1.23. The van der Waals surface area contributed by atoms with E-state index in [4.69, 9.17) is 4.74 Å². The average molecular weight is 399 g/mol. The SMILES string of the molecule is O=C(OCC1c2ccccc2-c2ccccc21)N1CCC(Cc2ccccc2O)C1. The van der Waals surface area contributed by atoms with Gasteiger partial charge in [-0.3, -0.25) is 0 Å². The Morgan fingerprint density at radius 1 is 0.933 bits per heavy atom. The Bertz CT molecular complexity index is 1030. The summed E-state index contributed by atoms with van der Waals surface area (Å²) in [6, 6.07) is 24.2. The molecule has 1 unspecified atom stereocenters. The molecule has 0 spiro atoms. The van der Waals surface area contributed by atoms with Crippen LogP contribution < -0.4 is 0 Å². The van der Waals surface area contributed by atoms with E-state index in [1.54, 1.807) is 11.0 Å². The molecule has 0 bridgehead atoms. The number of likely N-dealkylation sites (tertiary alicyclic amines) is 1. The van der Waals surface area contributed by atoms with E-state index in [1.807, 2.05) is 30.3 Å². The van der Waals surface area contributed by atoms with Crippen LogP contribution >= 0.6 is 0 Å². The van der Waals surface area contributed by atoms with Crippen LogP contribution in [0.1, 0.15) is 29.0 Å². The molecule has 0 saturated carbocycles. The molecule has 4 nitrogen and oxygen atoms in total. The molecule has 1 saturated heterocycles. The van der Waals surface area contributed by atoms with Gasteiger partial charge >= 0.3 is 6.09 Å². The number of carbonyl (C=O) groups excluding carboxylic acids is 1. The summed E-state index contributed by atoms with van der Waals surface area (Å²) in [4.78, 5) is 14.5. The average Bonchev–Trinajstić information content (AvgIpc) is 3.37. The van der Waals surface area contributed by atoms with Crippen LogP contribution in [0, 0.1) is 5.92 Å². The summed E-state index contributed by atoms with van der Waals surface area (Å²) < 4.78 is 5.78. The lowest BCUT2D eigenvalue weighted by Gasteiger charge is -2.19. The van der Waals surface area contributed by atoms with Gasteiger partial charge < -0.3 is 14.7 Å². The number of para-hydroxylation sites is 1. The van der Waals surface area contributed by atoms with Gasteiger partial charge in [0.25, 0.3) is 0 Å². The standard InChI is InChI=1S/C26H25NO3/c28-25-12-6-1-7-19(25)15-18-13-14-27(16-18)26(29)30-17-24-22-10-4-2-8-20(22)21-9-3-5-11-23(21)24/h1-12,18,24,28H,13-17H2. The molecular formula is C26H25NO3. The second-order valence-electron chi connectivity index (χ2n) is 8.24. The van der Waals surface area contributed by atoms with Gasteiger partial charge in [-0.2, -0.15) is 0 Å². The highest BCUT2D eigenvalue weighted by atomic mass is 16.6. The molecule has 0 aromatic heterocycles. The van der Waals surface area contributed by atoms with E-state index >= 15 is 0 Å². The van der Waals surface area contributed by atoms with Gasteiger partial charge in [-0.15, -0.1) is 0 Å². The van der Waals surface area contributed by atoms with E-state index in [0.717, 1.165) is 18.4 Å². The number of benzene rings is 3. The lowest BCUT2D eigenvalue weighted by Crippen LogP contribution is -2.30. The van der Waals surface area contributed by atoms with Crippen molar-refractivity contribution < 1.29 is 14.6 Å². The van der Waals surface area contributed by atoms with E-state index in [9.17, 15) is 9.90 Å². The fourth-order valence-electron chi connectivity index (χ4n) is 4.84. The molecule has 1 amide bonds. The Labute approximate surface area is 176 Å². The number of phenols is 1. The minimum Gasteiger partial charge on any atom is -0.508 e. The summed E-state index contributed by atoms with van der Waals surface area (Å²) in [6.45, 7) is 1.73. The molecule has 0 radical (unpaired) electrons. The van der Waals surface area contributed by atoms with Crippen molar-refractivity contribution in [2.75, 3.05) is 19.7 Å². The third-order valence-corrected chi connectivity index (χ3v) is 6.38. The first-order valence-corrected chi connectivity index (χ1v) is 10.6. The monoisotopic (exact) mass is 399 g/mol. The third kappa shape index (κ3) is 3.43.